The summed E-state index contributed by atoms with van der Waals surface area (Å²) in [5.41, 5.74) is 5.68. The fourth-order valence-electron chi connectivity index (χ4n) is 3.54. The van der Waals surface area contributed by atoms with Gasteiger partial charge < -0.3 is 19.4 Å². The minimum absolute atomic E-state index is 0.690. The van der Waals surface area contributed by atoms with Crippen LogP contribution in [0, 0.1) is 0 Å². The monoisotopic (exact) mass is 413 g/mol. The van der Waals surface area contributed by atoms with Gasteiger partial charge in [0.15, 0.2) is 11.5 Å². The predicted molar refractivity (Wildman–Crippen MR) is 123 cm³/mol. The number of fused-ring (bicyclic) bond motifs is 2. The van der Waals surface area contributed by atoms with Gasteiger partial charge in [-0.2, -0.15) is 5.10 Å². The first-order valence-electron chi connectivity index (χ1n) is 10.1. The Morgan fingerprint density at radius 1 is 1.16 bits per heavy atom. The number of hydrogen-bond donors (Lipinski definition) is 2. The number of nitrogens with zero attached hydrogens (tertiary/aromatic N) is 5. The standard InChI is InChI=1S/C23H23N7O/c1-29(11-12-31-2)19-7-5-18(6-8-19)26-22-23-24-9-10-30(23)15-21(27-22)16-3-4-17-14-25-28-20(17)13-16/h3-10,13-15H,11-12H2,1-2H3,(H,25,28)(H,26,27). The summed E-state index contributed by atoms with van der Waals surface area (Å²) in [5, 5.41) is 11.6. The van der Waals surface area contributed by atoms with E-state index in [4.69, 9.17) is 9.72 Å². The van der Waals surface area contributed by atoms with Crippen LogP contribution in [0.2, 0.25) is 0 Å². The largest absolute Gasteiger partial charge is 0.383 e. The van der Waals surface area contributed by atoms with Crippen molar-refractivity contribution in [1.29, 1.82) is 0 Å². The Kier molecular flexibility index (Phi) is 4.97. The Balaban J connectivity index is 1.46. The third kappa shape index (κ3) is 3.80. The van der Waals surface area contributed by atoms with Crippen molar-refractivity contribution in [2.75, 3.05) is 37.5 Å². The Morgan fingerprint density at radius 3 is 2.87 bits per heavy atom. The summed E-state index contributed by atoms with van der Waals surface area (Å²) in [5.74, 6) is 0.702. The van der Waals surface area contributed by atoms with Crippen LogP contribution in [0.5, 0.6) is 0 Å². The topological polar surface area (TPSA) is 83.4 Å². The van der Waals surface area contributed by atoms with Gasteiger partial charge in [0.2, 0.25) is 0 Å². The molecule has 31 heavy (non-hydrogen) atoms. The zero-order valence-electron chi connectivity index (χ0n) is 17.4. The predicted octanol–water partition coefficient (Wildman–Crippen LogP) is 4.10. The molecule has 3 heterocycles. The molecule has 156 valence electrons. The van der Waals surface area contributed by atoms with Gasteiger partial charge in [-0.25, -0.2) is 9.97 Å². The molecule has 0 amide bonds. The summed E-state index contributed by atoms with van der Waals surface area (Å²) in [6.07, 6.45) is 7.50. The molecule has 2 aromatic carbocycles. The zero-order valence-corrected chi connectivity index (χ0v) is 17.4. The molecule has 5 rings (SSSR count). The van der Waals surface area contributed by atoms with Crippen molar-refractivity contribution in [3.05, 3.63) is 67.3 Å². The average Bonchev–Trinajstić information content (AvgIpc) is 3.46. The molecule has 0 spiro atoms. The zero-order chi connectivity index (χ0) is 21.2. The van der Waals surface area contributed by atoms with Crippen LogP contribution in [-0.4, -0.2) is 51.9 Å². The first kappa shape index (κ1) is 19.1. The number of ether oxygens (including phenoxy) is 1. The van der Waals surface area contributed by atoms with E-state index in [1.54, 1.807) is 13.3 Å². The second kappa shape index (κ2) is 8.08. The Bertz CT molecular complexity index is 1320. The van der Waals surface area contributed by atoms with Crippen molar-refractivity contribution in [1.82, 2.24) is 24.6 Å². The third-order valence-electron chi connectivity index (χ3n) is 5.31. The lowest BCUT2D eigenvalue weighted by Crippen LogP contribution is -2.21. The Hall–Kier alpha value is -3.91. The van der Waals surface area contributed by atoms with Crippen LogP contribution in [0.25, 0.3) is 27.8 Å². The average molecular weight is 413 g/mol. The number of hydrogen-bond acceptors (Lipinski definition) is 6. The summed E-state index contributed by atoms with van der Waals surface area (Å²) in [7, 11) is 3.77. The molecule has 5 aromatic rings. The Labute approximate surface area is 179 Å². The number of methoxy groups -OCH3 is 1. The van der Waals surface area contributed by atoms with Crippen molar-refractivity contribution in [2.24, 2.45) is 0 Å². The molecule has 3 aromatic heterocycles. The second-order valence-electron chi connectivity index (χ2n) is 7.39. The molecule has 0 saturated carbocycles. The SMILES string of the molecule is COCCN(C)c1ccc(Nc2nc(-c3ccc4cn[nH]c4c3)cn3ccnc23)cc1. The smallest absolute Gasteiger partial charge is 0.180 e. The van der Waals surface area contributed by atoms with Crippen LogP contribution in [-0.2, 0) is 4.74 Å². The Morgan fingerprint density at radius 2 is 2.03 bits per heavy atom. The molecule has 0 bridgehead atoms. The van der Waals surface area contributed by atoms with E-state index in [0.29, 0.717) is 12.4 Å². The highest BCUT2D eigenvalue weighted by Gasteiger charge is 2.11. The first-order valence-corrected chi connectivity index (χ1v) is 10.1. The van der Waals surface area contributed by atoms with Crippen LogP contribution in [0.1, 0.15) is 0 Å². The van der Waals surface area contributed by atoms with Crippen LogP contribution in [0.4, 0.5) is 17.2 Å². The molecule has 0 unspecified atom stereocenters. The van der Waals surface area contributed by atoms with Gasteiger partial charge in [0.1, 0.15) is 0 Å². The number of anilines is 3. The highest BCUT2D eigenvalue weighted by molar-refractivity contribution is 5.84. The number of benzene rings is 2. The van der Waals surface area contributed by atoms with Crippen molar-refractivity contribution in [2.45, 2.75) is 0 Å². The van der Waals surface area contributed by atoms with E-state index in [2.05, 4.69) is 56.7 Å². The van der Waals surface area contributed by atoms with Crippen LogP contribution in [0.3, 0.4) is 0 Å². The number of rotatable bonds is 7. The maximum Gasteiger partial charge on any atom is 0.180 e. The maximum absolute atomic E-state index is 5.16. The van der Waals surface area contributed by atoms with Gasteiger partial charge in [0, 0.05) is 61.6 Å². The molecule has 8 heteroatoms. The lowest BCUT2D eigenvalue weighted by molar-refractivity contribution is 0.206. The van der Waals surface area contributed by atoms with E-state index in [1.807, 2.05) is 41.2 Å². The van der Waals surface area contributed by atoms with E-state index in [-0.39, 0.29) is 0 Å². The number of imidazole rings is 1. The third-order valence-corrected chi connectivity index (χ3v) is 5.31. The fourth-order valence-corrected chi connectivity index (χ4v) is 3.54. The number of likely N-dealkylation sites (N-methyl/N-ethyl adjacent to an activating group) is 1. The van der Waals surface area contributed by atoms with E-state index in [1.165, 1.54) is 0 Å². The number of aromatic nitrogens is 5. The molecule has 8 nitrogen and oxygen atoms in total. The highest BCUT2D eigenvalue weighted by Crippen LogP contribution is 2.27. The molecule has 0 atom stereocenters. The molecular weight excluding hydrogens is 390 g/mol. The van der Waals surface area contributed by atoms with E-state index < -0.39 is 0 Å². The number of nitrogens with one attached hydrogen (secondary N) is 2. The lowest BCUT2D eigenvalue weighted by atomic mass is 10.1. The van der Waals surface area contributed by atoms with E-state index in [9.17, 15) is 0 Å². The van der Waals surface area contributed by atoms with Crippen LogP contribution >= 0.6 is 0 Å². The minimum Gasteiger partial charge on any atom is -0.383 e. The molecule has 2 N–H and O–H groups in total. The summed E-state index contributed by atoms with van der Waals surface area (Å²) >= 11 is 0. The first-order chi connectivity index (χ1) is 15.2. The van der Waals surface area contributed by atoms with Gasteiger partial charge in [-0.05, 0) is 30.3 Å². The second-order valence-corrected chi connectivity index (χ2v) is 7.39. The molecule has 0 aliphatic rings. The van der Waals surface area contributed by atoms with E-state index in [0.717, 1.165) is 45.7 Å². The van der Waals surface area contributed by atoms with Gasteiger partial charge in [-0.1, -0.05) is 12.1 Å². The quantitative estimate of drug-likeness (QED) is 0.418. The van der Waals surface area contributed by atoms with Crippen molar-refractivity contribution in [3.8, 4) is 11.3 Å². The summed E-state index contributed by atoms with van der Waals surface area (Å²) in [4.78, 5) is 11.5. The van der Waals surface area contributed by atoms with Crippen LogP contribution < -0.4 is 10.2 Å². The van der Waals surface area contributed by atoms with Gasteiger partial charge >= 0.3 is 0 Å². The lowest BCUT2D eigenvalue weighted by Gasteiger charge is -2.19. The molecule has 0 radical (unpaired) electrons. The summed E-state index contributed by atoms with van der Waals surface area (Å²) in [6.45, 7) is 1.53. The van der Waals surface area contributed by atoms with Gasteiger partial charge in [-0.15, -0.1) is 0 Å². The van der Waals surface area contributed by atoms with Gasteiger partial charge in [0.05, 0.1) is 24.0 Å². The molecule has 0 aliphatic heterocycles. The number of H-pyrrole nitrogens is 1. The summed E-state index contributed by atoms with van der Waals surface area (Å²) in [6, 6.07) is 14.4. The van der Waals surface area contributed by atoms with Gasteiger partial charge in [0.25, 0.3) is 0 Å². The normalized spacial score (nSPS) is 11.3. The summed E-state index contributed by atoms with van der Waals surface area (Å²) < 4.78 is 7.14. The maximum atomic E-state index is 5.16. The fraction of sp³-hybridized carbons (Fsp3) is 0.174. The van der Waals surface area contributed by atoms with Crippen molar-refractivity contribution < 1.29 is 4.74 Å². The number of aromatic amines is 1. The molecule has 0 fully saturated rings. The van der Waals surface area contributed by atoms with Crippen LogP contribution in [0.15, 0.2) is 67.3 Å². The minimum atomic E-state index is 0.690. The molecular formula is C23H23N7O. The molecule has 0 saturated heterocycles. The van der Waals surface area contributed by atoms with Crippen molar-refractivity contribution in [3.63, 3.8) is 0 Å². The molecule has 0 aliphatic carbocycles. The van der Waals surface area contributed by atoms with Gasteiger partial charge in [-0.3, -0.25) is 5.10 Å². The van der Waals surface area contributed by atoms with E-state index >= 15 is 0 Å². The highest BCUT2D eigenvalue weighted by atomic mass is 16.5. The van der Waals surface area contributed by atoms with Crippen molar-refractivity contribution >= 4 is 33.7 Å².